The van der Waals surface area contributed by atoms with Crippen molar-refractivity contribution in [1.82, 2.24) is 5.32 Å². The zero-order valence-corrected chi connectivity index (χ0v) is 9.92. The highest BCUT2D eigenvalue weighted by molar-refractivity contribution is 5.95. The third-order valence-electron chi connectivity index (χ3n) is 3.09. The van der Waals surface area contributed by atoms with E-state index in [0.717, 1.165) is 31.6 Å². The van der Waals surface area contributed by atoms with Gasteiger partial charge in [-0.25, -0.2) is 4.79 Å². The highest BCUT2D eigenvalue weighted by atomic mass is 16.2. The van der Waals surface area contributed by atoms with E-state index in [1.54, 1.807) is 0 Å². The monoisotopic (exact) mass is 218 g/mol. The summed E-state index contributed by atoms with van der Waals surface area (Å²) in [5, 5.41) is 2.86. The number of aryl methyl sites for hydroxylation is 2. The molecule has 0 spiro atoms. The zero-order chi connectivity index (χ0) is 11.5. The number of anilines is 1. The average molecular weight is 218 g/mol. The van der Waals surface area contributed by atoms with Crippen LogP contribution in [0, 0.1) is 0 Å². The van der Waals surface area contributed by atoms with Crippen molar-refractivity contribution in [2.24, 2.45) is 0 Å². The van der Waals surface area contributed by atoms with E-state index in [1.807, 2.05) is 4.90 Å². The lowest BCUT2D eigenvalue weighted by atomic mass is 10.0. The van der Waals surface area contributed by atoms with Crippen LogP contribution < -0.4 is 10.2 Å². The fourth-order valence-corrected chi connectivity index (χ4v) is 2.25. The number of nitrogens with one attached hydrogen (secondary N) is 1. The lowest BCUT2D eigenvalue weighted by Crippen LogP contribution is -2.29. The van der Waals surface area contributed by atoms with Crippen LogP contribution in [-0.4, -0.2) is 19.1 Å². The molecule has 1 aromatic rings. The van der Waals surface area contributed by atoms with Crippen molar-refractivity contribution in [2.45, 2.75) is 26.7 Å². The van der Waals surface area contributed by atoms with Crippen molar-refractivity contribution in [3.8, 4) is 0 Å². The van der Waals surface area contributed by atoms with Gasteiger partial charge in [0.05, 0.1) is 5.69 Å². The molecule has 0 aromatic heterocycles. The summed E-state index contributed by atoms with van der Waals surface area (Å²) < 4.78 is 0. The van der Waals surface area contributed by atoms with Crippen molar-refractivity contribution in [2.75, 3.05) is 18.0 Å². The highest BCUT2D eigenvalue weighted by Crippen LogP contribution is 2.27. The van der Waals surface area contributed by atoms with Gasteiger partial charge in [-0.1, -0.05) is 32.0 Å². The Bertz CT molecular complexity index is 379. The highest BCUT2D eigenvalue weighted by Gasteiger charge is 2.24. The summed E-state index contributed by atoms with van der Waals surface area (Å²) in [7, 11) is 0. The number of carbonyl (C=O) groups excluding carboxylic acids is 1. The molecule has 0 bridgehead atoms. The number of urea groups is 1. The van der Waals surface area contributed by atoms with Crippen LogP contribution in [-0.2, 0) is 12.8 Å². The summed E-state index contributed by atoms with van der Waals surface area (Å²) >= 11 is 0. The van der Waals surface area contributed by atoms with Gasteiger partial charge < -0.3 is 5.32 Å². The average Bonchev–Trinajstić information content (AvgIpc) is 2.74. The Morgan fingerprint density at radius 2 is 1.88 bits per heavy atom. The van der Waals surface area contributed by atoms with Crippen LogP contribution in [0.2, 0.25) is 0 Å². The number of nitrogens with zero attached hydrogens (tertiary/aromatic N) is 1. The first kappa shape index (κ1) is 11.0. The van der Waals surface area contributed by atoms with Crippen molar-refractivity contribution in [3.05, 3.63) is 29.3 Å². The van der Waals surface area contributed by atoms with E-state index in [4.69, 9.17) is 0 Å². The number of hydrogen-bond donors (Lipinski definition) is 1. The fraction of sp³-hybridized carbons (Fsp3) is 0.462. The number of carbonyl (C=O) groups is 1. The quantitative estimate of drug-likeness (QED) is 0.829. The lowest BCUT2D eigenvalue weighted by molar-refractivity contribution is 0.252. The van der Waals surface area contributed by atoms with Gasteiger partial charge in [0.1, 0.15) is 0 Å². The zero-order valence-electron chi connectivity index (χ0n) is 9.92. The van der Waals surface area contributed by atoms with E-state index in [-0.39, 0.29) is 6.03 Å². The molecule has 0 atom stereocenters. The first-order valence-electron chi connectivity index (χ1n) is 5.94. The molecule has 1 heterocycles. The Balaban J connectivity index is 2.47. The molecule has 1 aliphatic rings. The minimum absolute atomic E-state index is 0.0376. The standard InChI is InChI=1S/C13H18N2O/c1-3-10-6-5-7-11(4-2)12(10)15-9-8-14-13(15)16/h5-7H,3-4,8-9H2,1-2H3,(H,14,16). The molecule has 16 heavy (non-hydrogen) atoms. The fourth-order valence-electron chi connectivity index (χ4n) is 2.25. The van der Waals surface area contributed by atoms with Crippen molar-refractivity contribution in [1.29, 1.82) is 0 Å². The molecule has 1 fully saturated rings. The second-order valence-corrected chi connectivity index (χ2v) is 4.02. The minimum atomic E-state index is 0.0376. The molecule has 2 amide bonds. The molecule has 86 valence electrons. The SMILES string of the molecule is CCc1cccc(CC)c1N1CCNC1=O. The smallest absolute Gasteiger partial charge is 0.322 e. The van der Waals surface area contributed by atoms with Gasteiger partial charge in [-0.3, -0.25) is 4.90 Å². The van der Waals surface area contributed by atoms with Gasteiger partial charge in [-0.05, 0) is 24.0 Å². The first-order chi connectivity index (χ1) is 7.77. The van der Waals surface area contributed by atoms with Crippen molar-refractivity contribution in [3.63, 3.8) is 0 Å². The normalized spacial score (nSPS) is 15.4. The second-order valence-electron chi connectivity index (χ2n) is 4.02. The van der Waals surface area contributed by atoms with Gasteiger partial charge in [-0.2, -0.15) is 0 Å². The van der Waals surface area contributed by atoms with Gasteiger partial charge >= 0.3 is 6.03 Å². The maximum Gasteiger partial charge on any atom is 0.322 e. The summed E-state index contributed by atoms with van der Waals surface area (Å²) in [4.78, 5) is 13.6. The molecule has 3 heteroatoms. The second kappa shape index (κ2) is 4.56. The van der Waals surface area contributed by atoms with Gasteiger partial charge in [0.25, 0.3) is 0 Å². The Morgan fingerprint density at radius 1 is 1.25 bits per heavy atom. The lowest BCUT2D eigenvalue weighted by Gasteiger charge is -2.21. The van der Waals surface area contributed by atoms with E-state index < -0.39 is 0 Å². The Kier molecular flexibility index (Phi) is 3.13. The molecule has 3 nitrogen and oxygen atoms in total. The van der Waals surface area contributed by atoms with E-state index in [2.05, 4.69) is 37.4 Å². The molecule has 1 aromatic carbocycles. The Hall–Kier alpha value is -1.51. The summed E-state index contributed by atoms with van der Waals surface area (Å²) in [5.41, 5.74) is 3.65. The maximum absolute atomic E-state index is 11.7. The predicted molar refractivity (Wildman–Crippen MR) is 65.9 cm³/mol. The van der Waals surface area contributed by atoms with Gasteiger partial charge in [0, 0.05) is 13.1 Å². The third-order valence-corrected chi connectivity index (χ3v) is 3.09. The van der Waals surface area contributed by atoms with E-state index in [9.17, 15) is 4.79 Å². The predicted octanol–water partition coefficient (Wildman–Crippen LogP) is 2.34. The van der Waals surface area contributed by atoms with Crippen LogP contribution in [0.5, 0.6) is 0 Å². The maximum atomic E-state index is 11.7. The van der Waals surface area contributed by atoms with Crippen LogP contribution >= 0.6 is 0 Å². The molecule has 0 saturated carbocycles. The van der Waals surface area contributed by atoms with E-state index >= 15 is 0 Å². The van der Waals surface area contributed by atoms with Crippen LogP contribution in [0.4, 0.5) is 10.5 Å². The summed E-state index contributed by atoms with van der Waals surface area (Å²) in [6, 6.07) is 6.34. The molecule has 1 saturated heterocycles. The summed E-state index contributed by atoms with van der Waals surface area (Å²) in [6.07, 6.45) is 1.93. The molecule has 0 aliphatic carbocycles. The minimum Gasteiger partial charge on any atom is -0.336 e. The van der Waals surface area contributed by atoms with Crippen LogP contribution in [0.25, 0.3) is 0 Å². The van der Waals surface area contributed by atoms with Gasteiger partial charge in [0.15, 0.2) is 0 Å². The molecule has 1 N–H and O–H groups in total. The summed E-state index contributed by atoms with van der Waals surface area (Å²) in [5.74, 6) is 0. The van der Waals surface area contributed by atoms with E-state index in [0.29, 0.717) is 0 Å². The third kappa shape index (κ3) is 1.77. The summed E-state index contributed by atoms with van der Waals surface area (Å²) in [6.45, 7) is 5.79. The van der Waals surface area contributed by atoms with Crippen LogP contribution in [0.3, 0.4) is 0 Å². The topological polar surface area (TPSA) is 32.3 Å². The first-order valence-corrected chi connectivity index (χ1v) is 5.94. The van der Waals surface area contributed by atoms with Gasteiger partial charge in [0.2, 0.25) is 0 Å². The number of para-hydroxylation sites is 1. The molecular weight excluding hydrogens is 200 g/mol. The van der Waals surface area contributed by atoms with E-state index in [1.165, 1.54) is 11.1 Å². The number of benzene rings is 1. The van der Waals surface area contributed by atoms with Crippen molar-refractivity contribution >= 4 is 11.7 Å². The molecule has 0 radical (unpaired) electrons. The molecule has 1 aliphatic heterocycles. The van der Waals surface area contributed by atoms with Gasteiger partial charge in [-0.15, -0.1) is 0 Å². The van der Waals surface area contributed by atoms with Crippen molar-refractivity contribution < 1.29 is 4.79 Å². The molecule has 2 rings (SSSR count). The number of hydrogen-bond acceptors (Lipinski definition) is 1. The van der Waals surface area contributed by atoms with Crippen LogP contribution in [0.1, 0.15) is 25.0 Å². The number of rotatable bonds is 3. The molecule has 0 unspecified atom stereocenters. The number of amides is 2. The Morgan fingerprint density at radius 3 is 2.31 bits per heavy atom. The van der Waals surface area contributed by atoms with Crippen LogP contribution in [0.15, 0.2) is 18.2 Å². The largest absolute Gasteiger partial charge is 0.336 e. The Labute approximate surface area is 96.5 Å². The molecular formula is C13H18N2O.